The lowest BCUT2D eigenvalue weighted by Crippen LogP contribution is -2.19. The van der Waals surface area contributed by atoms with Gasteiger partial charge >= 0.3 is 0 Å². The van der Waals surface area contributed by atoms with Crippen molar-refractivity contribution in [1.82, 2.24) is 10.4 Å². The Morgan fingerprint density at radius 1 is 0.758 bits per heavy atom. The number of nitrogens with zero attached hydrogens (tertiary/aromatic N) is 2. The average Bonchev–Trinajstić information content (AvgIpc) is 2.83. The van der Waals surface area contributed by atoms with Crippen LogP contribution in [0.1, 0.15) is 34.0 Å². The van der Waals surface area contributed by atoms with Gasteiger partial charge in [0.25, 0.3) is 5.91 Å². The van der Waals surface area contributed by atoms with Crippen molar-refractivity contribution in [3.05, 3.63) is 112 Å². The van der Waals surface area contributed by atoms with Crippen molar-refractivity contribution in [3.8, 4) is 22.5 Å². The number of amides is 1. The predicted molar refractivity (Wildman–Crippen MR) is 136 cm³/mol. The first-order chi connectivity index (χ1) is 15.9. The quantitative estimate of drug-likeness (QED) is 0.265. The van der Waals surface area contributed by atoms with Crippen LogP contribution in [0.15, 0.2) is 90.0 Å². The van der Waals surface area contributed by atoms with E-state index in [1.165, 1.54) is 11.1 Å². The van der Waals surface area contributed by atoms with E-state index in [0.717, 1.165) is 28.1 Å². The Labute approximate surface area is 199 Å². The number of hydrazone groups is 1. The van der Waals surface area contributed by atoms with E-state index < -0.39 is 0 Å². The number of benzene rings is 3. The van der Waals surface area contributed by atoms with Crippen LogP contribution < -0.4 is 5.43 Å². The summed E-state index contributed by atoms with van der Waals surface area (Å²) in [7, 11) is 0. The van der Waals surface area contributed by atoms with Crippen LogP contribution in [0.3, 0.4) is 0 Å². The number of hydrogen-bond acceptors (Lipinski definition) is 3. The first-order valence-corrected chi connectivity index (χ1v) is 11.0. The molecule has 3 aromatic carbocycles. The van der Waals surface area contributed by atoms with E-state index in [-0.39, 0.29) is 5.91 Å². The normalized spacial score (nSPS) is 11.3. The van der Waals surface area contributed by atoms with Gasteiger partial charge in [0.1, 0.15) is 0 Å². The number of nitrogens with one attached hydrogen (secondary N) is 1. The van der Waals surface area contributed by atoms with Crippen LogP contribution >= 0.6 is 11.6 Å². The molecule has 0 spiro atoms. The van der Waals surface area contributed by atoms with Crippen molar-refractivity contribution >= 4 is 23.2 Å². The first-order valence-electron chi connectivity index (χ1n) is 10.7. The molecule has 1 amide bonds. The lowest BCUT2D eigenvalue weighted by molar-refractivity contribution is 0.0955. The van der Waals surface area contributed by atoms with Crippen LogP contribution in [-0.2, 0) is 0 Å². The molecule has 0 fully saturated rings. The zero-order chi connectivity index (χ0) is 23.4. The Bertz CT molecular complexity index is 1250. The molecule has 0 radical (unpaired) electrons. The molecule has 4 nitrogen and oxygen atoms in total. The number of carbonyl (C=O) groups is 1. The molecule has 0 aliphatic rings. The topological polar surface area (TPSA) is 54.4 Å². The van der Waals surface area contributed by atoms with Gasteiger partial charge in [-0.15, -0.1) is 0 Å². The fourth-order valence-electron chi connectivity index (χ4n) is 3.36. The maximum absolute atomic E-state index is 13.0. The Morgan fingerprint density at radius 2 is 1.24 bits per heavy atom. The maximum Gasteiger partial charge on any atom is 0.271 e. The molecule has 33 heavy (non-hydrogen) atoms. The zero-order valence-electron chi connectivity index (χ0n) is 18.8. The van der Waals surface area contributed by atoms with Gasteiger partial charge in [-0.1, -0.05) is 83.4 Å². The smallest absolute Gasteiger partial charge is 0.267 e. The highest BCUT2D eigenvalue weighted by atomic mass is 35.5. The van der Waals surface area contributed by atoms with Gasteiger partial charge < -0.3 is 0 Å². The Hall–Kier alpha value is -3.76. The van der Waals surface area contributed by atoms with Crippen LogP contribution in [0.25, 0.3) is 22.5 Å². The van der Waals surface area contributed by atoms with Gasteiger partial charge in [0.05, 0.1) is 17.1 Å². The minimum atomic E-state index is -0.299. The summed E-state index contributed by atoms with van der Waals surface area (Å²) in [6.07, 6.45) is 0. The molecule has 0 bridgehead atoms. The number of aryl methyl sites for hydroxylation is 2. The van der Waals surface area contributed by atoms with Crippen LogP contribution in [0.2, 0.25) is 5.02 Å². The fourth-order valence-corrected chi connectivity index (χ4v) is 3.49. The van der Waals surface area contributed by atoms with E-state index in [2.05, 4.69) is 10.5 Å². The molecule has 1 aromatic heterocycles. The summed E-state index contributed by atoms with van der Waals surface area (Å²) in [6, 6.07) is 27.1. The van der Waals surface area contributed by atoms with Gasteiger partial charge in [0, 0.05) is 21.7 Å². The Kier molecular flexibility index (Phi) is 6.66. The summed E-state index contributed by atoms with van der Waals surface area (Å²) in [4.78, 5) is 17.9. The van der Waals surface area contributed by atoms with Crippen molar-refractivity contribution in [2.75, 3.05) is 0 Å². The Balaban J connectivity index is 1.69. The van der Waals surface area contributed by atoms with E-state index in [0.29, 0.717) is 16.3 Å². The molecule has 4 aromatic rings. The summed E-state index contributed by atoms with van der Waals surface area (Å²) >= 11 is 5.96. The lowest BCUT2D eigenvalue weighted by Gasteiger charge is -2.10. The molecule has 4 rings (SSSR count). The van der Waals surface area contributed by atoms with Crippen molar-refractivity contribution < 1.29 is 4.79 Å². The van der Waals surface area contributed by atoms with Crippen LogP contribution in [0.5, 0.6) is 0 Å². The van der Waals surface area contributed by atoms with Gasteiger partial charge in [-0.3, -0.25) is 4.79 Å². The van der Waals surface area contributed by atoms with Crippen LogP contribution in [0, 0.1) is 13.8 Å². The van der Waals surface area contributed by atoms with Crippen molar-refractivity contribution in [1.29, 1.82) is 0 Å². The lowest BCUT2D eigenvalue weighted by atomic mass is 10.0. The fraction of sp³-hybridized carbons (Fsp3) is 0.107. The molecule has 0 atom stereocenters. The van der Waals surface area contributed by atoms with E-state index in [1.54, 1.807) is 24.3 Å². The SMILES string of the molecule is C/C(=N/NC(=O)c1cc(-c2ccc(C)cc2)nc(-c2ccc(C)cc2)c1)c1ccc(Cl)cc1. The highest BCUT2D eigenvalue weighted by molar-refractivity contribution is 6.30. The maximum atomic E-state index is 13.0. The highest BCUT2D eigenvalue weighted by Gasteiger charge is 2.13. The molecule has 164 valence electrons. The molecule has 0 aliphatic carbocycles. The number of hydrogen-bond donors (Lipinski definition) is 1. The predicted octanol–water partition coefficient (Wildman–Crippen LogP) is 6.84. The summed E-state index contributed by atoms with van der Waals surface area (Å²) in [5, 5.41) is 4.93. The van der Waals surface area contributed by atoms with Gasteiger partial charge in [0.2, 0.25) is 0 Å². The summed E-state index contributed by atoms with van der Waals surface area (Å²) in [5.41, 5.74) is 10.4. The minimum Gasteiger partial charge on any atom is -0.267 e. The van der Waals surface area contributed by atoms with Gasteiger partial charge in [0.15, 0.2) is 0 Å². The third-order valence-corrected chi connectivity index (χ3v) is 5.62. The van der Waals surface area contributed by atoms with E-state index in [1.807, 2.05) is 81.4 Å². The number of rotatable bonds is 5. The van der Waals surface area contributed by atoms with Crippen molar-refractivity contribution in [2.24, 2.45) is 5.10 Å². The minimum absolute atomic E-state index is 0.299. The molecule has 1 N–H and O–H groups in total. The molecule has 0 aliphatic heterocycles. The van der Waals surface area contributed by atoms with Gasteiger partial charge in [-0.25, -0.2) is 10.4 Å². The Morgan fingerprint density at radius 3 is 1.73 bits per heavy atom. The summed E-state index contributed by atoms with van der Waals surface area (Å²) in [6.45, 7) is 5.92. The van der Waals surface area contributed by atoms with E-state index >= 15 is 0 Å². The summed E-state index contributed by atoms with van der Waals surface area (Å²) < 4.78 is 0. The summed E-state index contributed by atoms with van der Waals surface area (Å²) in [5.74, 6) is -0.299. The monoisotopic (exact) mass is 453 g/mol. The molecule has 0 unspecified atom stereocenters. The van der Waals surface area contributed by atoms with E-state index in [9.17, 15) is 4.79 Å². The standard InChI is InChI=1S/C28H24ClN3O/c1-18-4-8-22(9-5-18)26-16-24(17-27(30-26)23-10-6-19(2)7-11-23)28(33)32-31-20(3)21-12-14-25(29)15-13-21/h4-17H,1-3H3,(H,32,33)/b31-20-. The van der Waals surface area contributed by atoms with E-state index in [4.69, 9.17) is 16.6 Å². The molecular weight excluding hydrogens is 430 g/mol. The second-order valence-corrected chi connectivity index (χ2v) is 8.44. The van der Waals surface area contributed by atoms with Crippen LogP contribution in [-0.4, -0.2) is 16.6 Å². The second kappa shape index (κ2) is 9.80. The number of halogens is 1. The number of pyridine rings is 1. The molecule has 0 saturated carbocycles. The molecule has 1 heterocycles. The first kappa shape index (κ1) is 22.4. The number of aromatic nitrogens is 1. The largest absolute Gasteiger partial charge is 0.271 e. The van der Waals surface area contributed by atoms with Crippen molar-refractivity contribution in [2.45, 2.75) is 20.8 Å². The molecular formula is C28H24ClN3O. The van der Waals surface area contributed by atoms with Gasteiger partial charge in [-0.2, -0.15) is 5.10 Å². The highest BCUT2D eigenvalue weighted by Crippen LogP contribution is 2.25. The second-order valence-electron chi connectivity index (χ2n) is 8.00. The number of carbonyl (C=O) groups excluding carboxylic acids is 1. The molecule has 0 saturated heterocycles. The van der Waals surface area contributed by atoms with Crippen molar-refractivity contribution in [3.63, 3.8) is 0 Å². The van der Waals surface area contributed by atoms with Gasteiger partial charge in [-0.05, 0) is 50.6 Å². The zero-order valence-corrected chi connectivity index (χ0v) is 19.5. The third-order valence-electron chi connectivity index (χ3n) is 5.37. The third kappa shape index (κ3) is 5.54. The van der Waals surface area contributed by atoms with Crippen LogP contribution in [0.4, 0.5) is 0 Å². The average molecular weight is 454 g/mol. The molecule has 5 heteroatoms.